The van der Waals surface area contributed by atoms with E-state index >= 15 is 0 Å². The number of piperidine rings is 1. The molecule has 1 amide bonds. The van der Waals surface area contributed by atoms with E-state index in [0.29, 0.717) is 22.5 Å². The third-order valence-corrected chi connectivity index (χ3v) is 10.0. The highest BCUT2D eigenvalue weighted by Gasteiger charge is 2.43. The number of esters is 1. The zero-order chi connectivity index (χ0) is 32.6. The minimum absolute atomic E-state index is 0.0974. The average Bonchev–Trinajstić information content (AvgIpc) is 3.17. The normalized spacial score (nSPS) is 21.3. The largest absolute Gasteiger partial charge is 0.457 e. The molecule has 1 saturated heterocycles. The van der Waals surface area contributed by atoms with Crippen LogP contribution in [0, 0.1) is 17.2 Å². The van der Waals surface area contributed by atoms with E-state index in [1.54, 1.807) is 45.3 Å². The number of hydrogen-bond acceptors (Lipinski definition) is 10. The van der Waals surface area contributed by atoms with Crippen LogP contribution in [-0.2, 0) is 29.7 Å². The third kappa shape index (κ3) is 7.05. The summed E-state index contributed by atoms with van der Waals surface area (Å²) in [5, 5.41) is 20.8. The number of rotatable bonds is 9. The first-order valence-electron chi connectivity index (χ1n) is 14.9. The molecular formula is C29H42ClN7O6S. The lowest BCUT2D eigenvalue weighted by Crippen LogP contribution is -2.55. The van der Waals surface area contributed by atoms with Crippen molar-refractivity contribution in [2.24, 2.45) is 5.92 Å². The number of sulfonamides is 1. The molecule has 13 nitrogen and oxygen atoms in total. The number of carbonyl (C=O) groups excluding carboxylic acids is 2. The summed E-state index contributed by atoms with van der Waals surface area (Å²) in [5.74, 6) is -0.848. The predicted molar refractivity (Wildman–Crippen MR) is 165 cm³/mol. The number of carbonyl (C=O) groups is 2. The van der Waals surface area contributed by atoms with E-state index in [1.165, 1.54) is 4.31 Å². The van der Waals surface area contributed by atoms with Gasteiger partial charge >= 0.3 is 12.1 Å². The zero-order valence-electron chi connectivity index (χ0n) is 26.3. The molecule has 1 saturated carbocycles. The summed E-state index contributed by atoms with van der Waals surface area (Å²) >= 11 is 6.61. The van der Waals surface area contributed by atoms with Crippen LogP contribution in [0.1, 0.15) is 84.9 Å². The SMILES string of the molecule is CCC1(c2c(C#N)c(Cl)c3cnc(N[C@H]4CCN(S(C)(=O)=O)C[C@H]4OC(=O)[C@@H](NC(=O)OC(C)(C)C)C(C)C)nn23)CCC1. The Morgan fingerprint density at radius 1 is 1.30 bits per heavy atom. The highest BCUT2D eigenvalue weighted by atomic mass is 35.5. The van der Waals surface area contributed by atoms with E-state index in [2.05, 4.69) is 28.6 Å². The zero-order valence-corrected chi connectivity index (χ0v) is 27.9. The number of nitrogens with zero attached hydrogens (tertiary/aromatic N) is 5. The van der Waals surface area contributed by atoms with E-state index in [0.717, 1.165) is 37.6 Å². The maximum atomic E-state index is 13.4. The fourth-order valence-corrected chi connectivity index (χ4v) is 6.94. The number of anilines is 1. The summed E-state index contributed by atoms with van der Waals surface area (Å²) in [4.78, 5) is 30.3. The lowest BCUT2D eigenvalue weighted by atomic mass is 9.64. The Morgan fingerprint density at radius 2 is 1.98 bits per heavy atom. The predicted octanol–water partition coefficient (Wildman–Crippen LogP) is 3.99. The van der Waals surface area contributed by atoms with Crippen molar-refractivity contribution in [1.29, 1.82) is 5.26 Å². The van der Waals surface area contributed by atoms with Gasteiger partial charge in [-0.25, -0.2) is 27.5 Å². The van der Waals surface area contributed by atoms with Crippen molar-refractivity contribution in [2.45, 2.75) is 103 Å². The van der Waals surface area contributed by atoms with Gasteiger partial charge in [0.2, 0.25) is 16.0 Å². The van der Waals surface area contributed by atoms with Crippen LogP contribution in [-0.4, -0.2) is 82.5 Å². The number of aromatic nitrogens is 3. The molecule has 242 valence electrons. The van der Waals surface area contributed by atoms with Gasteiger partial charge in [0.1, 0.15) is 29.3 Å². The van der Waals surface area contributed by atoms with Crippen molar-refractivity contribution < 1.29 is 27.5 Å². The Kier molecular flexibility index (Phi) is 9.73. The van der Waals surface area contributed by atoms with E-state index in [9.17, 15) is 23.3 Å². The molecule has 0 bridgehead atoms. The van der Waals surface area contributed by atoms with Crippen LogP contribution in [0.4, 0.5) is 10.7 Å². The summed E-state index contributed by atoms with van der Waals surface area (Å²) in [5.41, 5.74) is 0.704. The molecule has 1 aliphatic heterocycles. The Morgan fingerprint density at radius 3 is 2.50 bits per heavy atom. The molecule has 4 rings (SSSR count). The van der Waals surface area contributed by atoms with Crippen LogP contribution in [0.15, 0.2) is 6.20 Å². The van der Waals surface area contributed by atoms with Crippen LogP contribution >= 0.6 is 11.6 Å². The van der Waals surface area contributed by atoms with Crippen molar-refractivity contribution in [3.05, 3.63) is 22.5 Å². The molecule has 0 radical (unpaired) electrons. The van der Waals surface area contributed by atoms with Gasteiger partial charge in [-0.05, 0) is 52.4 Å². The molecule has 3 heterocycles. The Hall–Kier alpha value is -3.15. The fraction of sp³-hybridized carbons (Fsp3) is 0.690. The summed E-state index contributed by atoms with van der Waals surface area (Å²) in [6, 6.07) is 0.664. The van der Waals surface area contributed by atoms with Gasteiger partial charge in [0.05, 0.1) is 41.3 Å². The second kappa shape index (κ2) is 12.7. The van der Waals surface area contributed by atoms with Gasteiger partial charge < -0.3 is 20.1 Å². The van der Waals surface area contributed by atoms with Crippen molar-refractivity contribution in [1.82, 2.24) is 24.2 Å². The number of nitrogens with one attached hydrogen (secondary N) is 2. The molecule has 3 atom stereocenters. The third-order valence-electron chi connectivity index (χ3n) is 8.39. The lowest BCUT2D eigenvalue weighted by Gasteiger charge is -2.41. The van der Waals surface area contributed by atoms with Gasteiger partial charge in [-0.1, -0.05) is 38.8 Å². The lowest BCUT2D eigenvalue weighted by molar-refractivity contribution is -0.155. The fourth-order valence-electron chi connectivity index (χ4n) is 5.82. The molecule has 2 aromatic rings. The molecule has 2 fully saturated rings. The van der Waals surface area contributed by atoms with Crippen LogP contribution in [0.2, 0.25) is 5.02 Å². The molecule has 1 aliphatic carbocycles. The monoisotopic (exact) mass is 651 g/mol. The first kappa shape index (κ1) is 33.7. The van der Waals surface area contributed by atoms with E-state index < -0.39 is 45.9 Å². The highest BCUT2D eigenvalue weighted by molar-refractivity contribution is 7.88. The van der Waals surface area contributed by atoms with Crippen molar-refractivity contribution >= 4 is 45.2 Å². The second-order valence-electron chi connectivity index (χ2n) is 13.0. The minimum Gasteiger partial charge on any atom is -0.457 e. The summed E-state index contributed by atoms with van der Waals surface area (Å²) in [6.45, 7) is 10.8. The first-order chi connectivity index (χ1) is 20.5. The number of nitriles is 1. The molecule has 0 aromatic carbocycles. The van der Waals surface area contributed by atoms with E-state index in [4.69, 9.17) is 26.2 Å². The molecule has 0 unspecified atom stereocenters. The second-order valence-corrected chi connectivity index (χ2v) is 15.4. The topological polar surface area (TPSA) is 168 Å². The van der Waals surface area contributed by atoms with Crippen LogP contribution in [0.5, 0.6) is 0 Å². The van der Waals surface area contributed by atoms with Crippen molar-refractivity contribution in [3.8, 4) is 6.07 Å². The van der Waals surface area contributed by atoms with Gasteiger partial charge in [-0.15, -0.1) is 5.10 Å². The van der Waals surface area contributed by atoms with Gasteiger partial charge in [-0.2, -0.15) is 9.57 Å². The molecule has 15 heteroatoms. The number of amides is 1. The first-order valence-corrected chi connectivity index (χ1v) is 17.1. The number of alkyl carbamates (subject to hydrolysis) is 1. The van der Waals surface area contributed by atoms with Crippen molar-refractivity contribution in [2.75, 3.05) is 24.7 Å². The number of fused-ring (bicyclic) bond motifs is 1. The highest BCUT2D eigenvalue weighted by Crippen LogP contribution is 2.49. The Balaban J connectivity index is 1.63. The summed E-state index contributed by atoms with van der Waals surface area (Å²) in [7, 11) is -3.58. The number of hydrogen-bond donors (Lipinski definition) is 2. The van der Waals surface area contributed by atoms with E-state index in [1.807, 2.05) is 0 Å². The molecule has 2 N–H and O–H groups in total. The maximum absolute atomic E-state index is 13.4. The average molecular weight is 652 g/mol. The Bertz CT molecular complexity index is 1550. The molecule has 44 heavy (non-hydrogen) atoms. The van der Waals surface area contributed by atoms with Gasteiger partial charge in [-0.3, -0.25) is 0 Å². The van der Waals surface area contributed by atoms with Gasteiger partial charge in [0, 0.05) is 12.0 Å². The van der Waals surface area contributed by atoms with Crippen LogP contribution in [0.3, 0.4) is 0 Å². The van der Waals surface area contributed by atoms with Crippen molar-refractivity contribution in [3.63, 3.8) is 0 Å². The number of halogens is 1. The molecule has 2 aromatic heterocycles. The van der Waals surface area contributed by atoms with Gasteiger partial charge in [0.25, 0.3) is 0 Å². The standard InChI is InChI=1S/C29H42ClN7O6S/c1-8-29(11-9-12-29)24-18(14-31)22(30)20-15-32-26(35-37(20)24)33-19-10-13-36(44(7,40)41)16-21(19)42-25(38)23(17(2)3)34-27(39)43-28(4,5)6/h15,17,19,21,23H,8-13,16H2,1-7H3,(H,33,35)(H,34,39)/t19-,21+,23-/m0/s1. The minimum atomic E-state index is -3.58. The smallest absolute Gasteiger partial charge is 0.408 e. The molecule has 2 aliphatic rings. The van der Waals surface area contributed by atoms with Crippen LogP contribution in [0.25, 0.3) is 5.52 Å². The quantitative estimate of drug-likeness (QED) is 0.378. The van der Waals surface area contributed by atoms with E-state index in [-0.39, 0.29) is 30.4 Å². The summed E-state index contributed by atoms with van der Waals surface area (Å²) < 4.78 is 39.0. The number of ether oxygens (including phenoxy) is 2. The molecule has 0 spiro atoms. The Labute approximate surface area is 263 Å². The summed E-state index contributed by atoms with van der Waals surface area (Å²) in [6.07, 6.45) is 4.97. The van der Waals surface area contributed by atoms with Gasteiger partial charge in [0.15, 0.2) is 0 Å². The van der Waals surface area contributed by atoms with Crippen LogP contribution < -0.4 is 10.6 Å². The maximum Gasteiger partial charge on any atom is 0.408 e. The molecular weight excluding hydrogens is 610 g/mol.